The van der Waals surface area contributed by atoms with E-state index in [0.29, 0.717) is 13.2 Å². The Morgan fingerprint density at radius 2 is 2.04 bits per heavy atom. The molecule has 0 unspecified atom stereocenters. The standard InChI is InChI=1S/C17H21N5O2/c1-20-12-18-19-16(20)15-11-21(9-10-24-15)14-7-8-22(17(14)23)13-5-3-2-4-6-13/h2-6,12,14-15H,7-11H2,1H3/t14-,15-/m0/s1. The van der Waals surface area contributed by atoms with Crippen molar-refractivity contribution in [1.29, 1.82) is 0 Å². The number of hydrogen-bond acceptors (Lipinski definition) is 5. The molecule has 24 heavy (non-hydrogen) atoms. The number of aromatic nitrogens is 3. The Hall–Kier alpha value is -2.25. The number of ether oxygens (including phenoxy) is 1. The lowest BCUT2D eigenvalue weighted by Gasteiger charge is -2.35. The second-order valence-corrected chi connectivity index (χ2v) is 6.28. The number of benzene rings is 1. The lowest BCUT2D eigenvalue weighted by molar-refractivity contribution is -0.125. The lowest BCUT2D eigenvalue weighted by atomic mass is 10.1. The van der Waals surface area contributed by atoms with Crippen LogP contribution in [-0.4, -0.2) is 57.9 Å². The smallest absolute Gasteiger partial charge is 0.244 e. The normalized spacial score (nSPS) is 25.4. The molecule has 0 aliphatic carbocycles. The molecule has 0 saturated carbocycles. The highest BCUT2D eigenvalue weighted by molar-refractivity contribution is 5.99. The van der Waals surface area contributed by atoms with Gasteiger partial charge in [-0.1, -0.05) is 18.2 Å². The quantitative estimate of drug-likeness (QED) is 0.841. The zero-order valence-electron chi connectivity index (χ0n) is 13.7. The topological polar surface area (TPSA) is 63.5 Å². The van der Waals surface area contributed by atoms with Gasteiger partial charge in [-0.15, -0.1) is 10.2 Å². The molecule has 2 atom stereocenters. The van der Waals surface area contributed by atoms with Crippen molar-refractivity contribution in [3.05, 3.63) is 42.5 Å². The Balaban J connectivity index is 1.48. The summed E-state index contributed by atoms with van der Waals surface area (Å²) in [6.45, 7) is 2.81. The summed E-state index contributed by atoms with van der Waals surface area (Å²) in [6, 6.07) is 9.80. The van der Waals surface area contributed by atoms with Crippen LogP contribution in [0.2, 0.25) is 0 Å². The molecule has 0 N–H and O–H groups in total. The molecule has 1 aromatic carbocycles. The van der Waals surface area contributed by atoms with E-state index in [4.69, 9.17) is 4.74 Å². The fourth-order valence-electron chi connectivity index (χ4n) is 3.56. The highest BCUT2D eigenvalue weighted by atomic mass is 16.5. The average Bonchev–Trinajstić information content (AvgIpc) is 3.21. The third kappa shape index (κ3) is 2.70. The predicted molar refractivity (Wildman–Crippen MR) is 88.5 cm³/mol. The largest absolute Gasteiger partial charge is 0.368 e. The van der Waals surface area contributed by atoms with Crippen LogP contribution in [0.15, 0.2) is 36.7 Å². The van der Waals surface area contributed by atoms with Crippen LogP contribution in [0.25, 0.3) is 0 Å². The molecule has 0 bridgehead atoms. The molecular weight excluding hydrogens is 306 g/mol. The highest BCUT2D eigenvalue weighted by Gasteiger charge is 2.39. The van der Waals surface area contributed by atoms with Gasteiger partial charge in [0.2, 0.25) is 5.91 Å². The summed E-state index contributed by atoms with van der Waals surface area (Å²) in [5, 5.41) is 8.07. The first-order chi connectivity index (χ1) is 11.7. The Morgan fingerprint density at radius 1 is 1.21 bits per heavy atom. The Morgan fingerprint density at radius 3 is 2.79 bits per heavy atom. The number of carbonyl (C=O) groups is 1. The summed E-state index contributed by atoms with van der Waals surface area (Å²) in [6.07, 6.45) is 2.39. The molecule has 2 saturated heterocycles. The van der Waals surface area contributed by atoms with Crippen molar-refractivity contribution in [2.45, 2.75) is 18.6 Å². The first-order valence-corrected chi connectivity index (χ1v) is 8.30. The molecule has 3 heterocycles. The Labute approximate surface area is 140 Å². The predicted octanol–water partition coefficient (Wildman–Crippen LogP) is 0.994. The zero-order chi connectivity index (χ0) is 16.5. The van der Waals surface area contributed by atoms with E-state index in [0.717, 1.165) is 31.0 Å². The van der Waals surface area contributed by atoms with Gasteiger partial charge in [-0.05, 0) is 18.6 Å². The summed E-state index contributed by atoms with van der Waals surface area (Å²) < 4.78 is 7.73. The fraction of sp³-hybridized carbons (Fsp3) is 0.471. The van der Waals surface area contributed by atoms with Gasteiger partial charge in [0.25, 0.3) is 0 Å². The summed E-state index contributed by atoms with van der Waals surface area (Å²) in [4.78, 5) is 17.0. The van der Waals surface area contributed by atoms with Gasteiger partial charge in [0, 0.05) is 32.4 Å². The van der Waals surface area contributed by atoms with Crippen molar-refractivity contribution in [1.82, 2.24) is 19.7 Å². The number of rotatable bonds is 3. The second-order valence-electron chi connectivity index (χ2n) is 6.28. The molecule has 2 aliphatic heterocycles. The minimum absolute atomic E-state index is 0.0789. The maximum Gasteiger partial charge on any atom is 0.244 e. The van der Waals surface area contributed by atoms with Crippen molar-refractivity contribution in [2.75, 3.05) is 31.1 Å². The van der Waals surface area contributed by atoms with Crippen LogP contribution >= 0.6 is 0 Å². The van der Waals surface area contributed by atoms with Crippen molar-refractivity contribution in [3.63, 3.8) is 0 Å². The van der Waals surface area contributed by atoms with Crippen LogP contribution in [-0.2, 0) is 16.6 Å². The van der Waals surface area contributed by atoms with E-state index in [1.807, 2.05) is 46.8 Å². The fourth-order valence-corrected chi connectivity index (χ4v) is 3.56. The number of amides is 1. The average molecular weight is 327 g/mol. The molecule has 1 aromatic heterocycles. The molecule has 2 aromatic rings. The minimum atomic E-state index is -0.134. The number of morpholine rings is 1. The maximum atomic E-state index is 12.9. The zero-order valence-corrected chi connectivity index (χ0v) is 13.7. The van der Waals surface area contributed by atoms with E-state index in [9.17, 15) is 4.79 Å². The van der Waals surface area contributed by atoms with Crippen LogP contribution in [0, 0.1) is 0 Å². The van der Waals surface area contributed by atoms with Gasteiger partial charge < -0.3 is 14.2 Å². The third-order valence-electron chi connectivity index (χ3n) is 4.82. The molecule has 7 nitrogen and oxygen atoms in total. The SMILES string of the molecule is Cn1cnnc1[C@@H]1CN([C@H]2CCN(c3ccccc3)C2=O)CCO1. The van der Waals surface area contributed by atoms with Crippen molar-refractivity contribution < 1.29 is 9.53 Å². The monoisotopic (exact) mass is 327 g/mol. The summed E-state index contributed by atoms with van der Waals surface area (Å²) in [7, 11) is 1.91. The van der Waals surface area contributed by atoms with Crippen LogP contribution < -0.4 is 4.90 Å². The molecule has 2 aliphatic rings. The van der Waals surface area contributed by atoms with Gasteiger partial charge in [-0.25, -0.2) is 0 Å². The lowest BCUT2D eigenvalue weighted by Crippen LogP contribution is -2.48. The van der Waals surface area contributed by atoms with Gasteiger partial charge in [0.1, 0.15) is 12.4 Å². The van der Waals surface area contributed by atoms with E-state index >= 15 is 0 Å². The third-order valence-corrected chi connectivity index (χ3v) is 4.82. The summed E-state index contributed by atoms with van der Waals surface area (Å²) in [5.74, 6) is 0.991. The molecule has 0 radical (unpaired) electrons. The van der Waals surface area contributed by atoms with Crippen LogP contribution in [0.3, 0.4) is 0 Å². The molecule has 126 valence electrons. The first-order valence-electron chi connectivity index (χ1n) is 8.30. The van der Waals surface area contributed by atoms with E-state index in [1.54, 1.807) is 6.33 Å². The number of anilines is 1. The van der Waals surface area contributed by atoms with Gasteiger partial charge in [-0.2, -0.15) is 0 Å². The van der Waals surface area contributed by atoms with Crippen molar-refractivity contribution in [2.24, 2.45) is 7.05 Å². The van der Waals surface area contributed by atoms with Crippen LogP contribution in [0.5, 0.6) is 0 Å². The van der Waals surface area contributed by atoms with Crippen LogP contribution in [0.1, 0.15) is 18.3 Å². The van der Waals surface area contributed by atoms with E-state index < -0.39 is 0 Å². The molecular formula is C17H21N5O2. The number of carbonyl (C=O) groups excluding carboxylic acids is 1. The van der Waals surface area contributed by atoms with Gasteiger partial charge in [0.15, 0.2) is 5.82 Å². The highest BCUT2D eigenvalue weighted by Crippen LogP contribution is 2.28. The van der Waals surface area contributed by atoms with E-state index in [2.05, 4.69) is 15.1 Å². The number of para-hydroxylation sites is 1. The summed E-state index contributed by atoms with van der Waals surface area (Å²) >= 11 is 0. The first kappa shape index (κ1) is 15.3. The van der Waals surface area contributed by atoms with E-state index in [1.165, 1.54) is 0 Å². The Bertz CT molecular complexity index is 717. The molecule has 0 spiro atoms. The van der Waals surface area contributed by atoms with Gasteiger partial charge >= 0.3 is 0 Å². The maximum absolute atomic E-state index is 12.9. The number of nitrogens with zero attached hydrogens (tertiary/aromatic N) is 5. The van der Waals surface area contributed by atoms with Gasteiger partial charge in [-0.3, -0.25) is 9.69 Å². The van der Waals surface area contributed by atoms with Crippen molar-refractivity contribution >= 4 is 11.6 Å². The van der Waals surface area contributed by atoms with E-state index in [-0.39, 0.29) is 18.1 Å². The molecule has 2 fully saturated rings. The minimum Gasteiger partial charge on any atom is -0.368 e. The number of aryl methyl sites for hydroxylation is 1. The molecule has 7 heteroatoms. The summed E-state index contributed by atoms with van der Waals surface area (Å²) in [5.41, 5.74) is 0.975. The van der Waals surface area contributed by atoms with Gasteiger partial charge in [0.05, 0.1) is 12.6 Å². The number of hydrogen-bond donors (Lipinski definition) is 0. The molecule has 1 amide bonds. The molecule has 4 rings (SSSR count). The van der Waals surface area contributed by atoms with Crippen molar-refractivity contribution in [3.8, 4) is 0 Å². The second kappa shape index (κ2) is 6.33. The Kier molecular flexibility index (Phi) is 4.03. The van der Waals surface area contributed by atoms with Crippen LogP contribution in [0.4, 0.5) is 5.69 Å².